The molecule has 1 heterocycles. The molecule has 0 aliphatic rings. The van der Waals surface area contributed by atoms with Crippen LogP contribution in [0.25, 0.3) is 11.3 Å². The van der Waals surface area contributed by atoms with Gasteiger partial charge < -0.3 is 9.47 Å². The lowest BCUT2D eigenvalue weighted by Gasteiger charge is -2.14. The van der Waals surface area contributed by atoms with Crippen LogP contribution in [0.4, 0.5) is 0 Å². The maximum Gasteiger partial charge on any atom is 0.268 e. The van der Waals surface area contributed by atoms with E-state index in [9.17, 15) is 8.42 Å². The second-order valence-corrected chi connectivity index (χ2v) is 8.42. The summed E-state index contributed by atoms with van der Waals surface area (Å²) in [4.78, 5) is 0.244. The van der Waals surface area contributed by atoms with Crippen LogP contribution in [-0.2, 0) is 10.0 Å². The molecule has 28 heavy (non-hydrogen) atoms. The SMILES string of the molecule is CCOc1c(C)c(C)n(S(=O)(=O)c2ccc(C)cc2)c1-c1ccc(OC)cc1. The summed E-state index contributed by atoms with van der Waals surface area (Å²) in [6.45, 7) is 7.94. The third-order valence-corrected chi connectivity index (χ3v) is 6.62. The molecule has 0 amide bonds. The summed E-state index contributed by atoms with van der Waals surface area (Å²) in [5.74, 6) is 1.29. The third kappa shape index (κ3) is 3.40. The molecule has 2 aromatic carbocycles. The third-order valence-electron chi connectivity index (χ3n) is 4.82. The first-order valence-corrected chi connectivity index (χ1v) is 10.6. The molecule has 0 radical (unpaired) electrons. The van der Waals surface area contributed by atoms with Crippen LogP contribution in [0, 0.1) is 20.8 Å². The van der Waals surface area contributed by atoms with E-state index in [1.54, 1.807) is 38.3 Å². The summed E-state index contributed by atoms with van der Waals surface area (Å²) in [5.41, 5.74) is 3.72. The first-order chi connectivity index (χ1) is 13.3. The second kappa shape index (κ2) is 7.72. The fraction of sp³-hybridized carbons (Fsp3) is 0.273. The largest absolute Gasteiger partial charge is 0.497 e. The number of ether oxygens (including phenoxy) is 2. The van der Waals surface area contributed by atoms with E-state index in [4.69, 9.17) is 9.47 Å². The van der Waals surface area contributed by atoms with Crippen LogP contribution in [-0.4, -0.2) is 26.1 Å². The van der Waals surface area contributed by atoms with E-state index < -0.39 is 10.0 Å². The Labute approximate surface area is 166 Å². The summed E-state index contributed by atoms with van der Waals surface area (Å²) in [7, 11) is -2.20. The van der Waals surface area contributed by atoms with Crippen LogP contribution < -0.4 is 9.47 Å². The molecule has 6 heteroatoms. The van der Waals surface area contributed by atoms with Crippen LogP contribution in [0.5, 0.6) is 11.5 Å². The fourth-order valence-electron chi connectivity index (χ4n) is 3.19. The van der Waals surface area contributed by atoms with Crippen molar-refractivity contribution in [1.82, 2.24) is 3.97 Å². The number of aromatic nitrogens is 1. The average Bonchev–Trinajstić information content (AvgIpc) is 2.94. The number of rotatable bonds is 6. The van der Waals surface area contributed by atoms with Gasteiger partial charge in [-0.25, -0.2) is 12.4 Å². The Morgan fingerprint density at radius 3 is 2.07 bits per heavy atom. The number of aryl methyl sites for hydroxylation is 1. The average molecular weight is 400 g/mol. The Hall–Kier alpha value is -2.73. The molecule has 0 N–H and O–H groups in total. The van der Waals surface area contributed by atoms with Crippen LogP contribution in [0.2, 0.25) is 0 Å². The Kier molecular flexibility index (Phi) is 5.52. The number of nitrogens with zero attached hydrogens (tertiary/aromatic N) is 1. The Morgan fingerprint density at radius 2 is 1.54 bits per heavy atom. The van der Waals surface area contributed by atoms with Crippen molar-refractivity contribution in [3.05, 3.63) is 65.4 Å². The first kappa shape index (κ1) is 20.0. The van der Waals surface area contributed by atoms with Crippen molar-refractivity contribution in [2.24, 2.45) is 0 Å². The molecule has 3 rings (SSSR count). The molecule has 0 bridgehead atoms. The van der Waals surface area contributed by atoms with E-state index in [1.807, 2.05) is 45.0 Å². The van der Waals surface area contributed by atoms with Crippen LogP contribution in [0.15, 0.2) is 53.4 Å². The second-order valence-electron chi connectivity index (χ2n) is 6.63. The summed E-state index contributed by atoms with van der Waals surface area (Å²) in [5, 5.41) is 0. The quantitative estimate of drug-likeness (QED) is 0.602. The molecule has 0 unspecified atom stereocenters. The van der Waals surface area contributed by atoms with Crippen LogP contribution >= 0.6 is 0 Å². The van der Waals surface area contributed by atoms with Crippen molar-refractivity contribution in [1.29, 1.82) is 0 Å². The smallest absolute Gasteiger partial charge is 0.268 e. The van der Waals surface area contributed by atoms with Gasteiger partial charge in [0.2, 0.25) is 0 Å². The fourth-order valence-corrected chi connectivity index (χ4v) is 4.81. The lowest BCUT2D eigenvalue weighted by Crippen LogP contribution is -2.16. The topological polar surface area (TPSA) is 57.5 Å². The molecule has 0 spiro atoms. The predicted molar refractivity (Wildman–Crippen MR) is 111 cm³/mol. The molecule has 148 valence electrons. The Balaban J connectivity index is 2.31. The number of benzene rings is 2. The zero-order chi connectivity index (χ0) is 20.5. The molecule has 5 nitrogen and oxygen atoms in total. The minimum Gasteiger partial charge on any atom is -0.497 e. The van der Waals surface area contributed by atoms with Crippen molar-refractivity contribution in [2.75, 3.05) is 13.7 Å². The number of hydrogen-bond acceptors (Lipinski definition) is 4. The highest BCUT2D eigenvalue weighted by atomic mass is 32.2. The highest BCUT2D eigenvalue weighted by Gasteiger charge is 2.29. The maximum absolute atomic E-state index is 13.5. The van der Waals surface area contributed by atoms with Gasteiger partial charge in [-0.05, 0) is 64.1 Å². The standard InChI is InChI=1S/C22H25NO4S/c1-6-27-22-16(3)17(4)23(21(22)18-9-11-19(26-5)12-10-18)28(24,25)20-13-7-15(2)8-14-20/h7-14H,6H2,1-5H3. The first-order valence-electron chi connectivity index (χ1n) is 9.12. The molecule has 0 aliphatic carbocycles. The minimum atomic E-state index is -3.80. The molecule has 0 fully saturated rings. The summed E-state index contributed by atoms with van der Waals surface area (Å²) < 4.78 is 39.6. The molecule has 1 aromatic heterocycles. The van der Waals surface area contributed by atoms with Gasteiger partial charge in [-0.3, -0.25) is 0 Å². The molecular weight excluding hydrogens is 374 g/mol. The predicted octanol–water partition coefficient (Wildman–Crippen LogP) is 4.72. The highest BCUT2D eigenvalue weighted by molar-refractivity contribution is 7.90. The van der Waals surface area contributed by atoms with E-state index in [0.29, 0.717) is 29.5 Å². The minimum absolute atomic E-state index is 0.244. The van der Waals surface area contributed by atoms with Gasteiger partial charge in [-0.15, -0.1) is 0 Å². The Bertz CT molecular complexity index is 1080. The van der Waals surface area contributed by atoms with Crippen molar-refractivity contribution in [3.63, 3.8) is 0 Å². The monoisotopic (exact) mass is 399 g/mol. The van der Waals surface area contributed by atoms with Gasteiger partial charge in [0.25, 0.3) is 10.0 Å². The van der Waals surface area contributed by atoms with Crippen molar-refractivity contribution < 1.29 is 17.9 Å². The van der Waals surface area contributed by atoms with Gasteiger partial charge in [0.1, 0.15) is 17.2 Å². The van der Waals surface area contributed by atoms with Crippen molar-refractivity contribution >= 4 is 10.0 Å². The van der Waals surface area contributed by atoms with E-state index in [1.165, 1.54) is 3.97 Å². The highest BCUT2D eigenvalue weighted by Crippen LogP contribution is 2.40. The van der Waals surface area contributed by atoms with E-state index in [2.05, 4.69) is 0 Å². The molecule has 0 aliphatic heterocycles. The van der Waals surface area contributed by atoms with E-state index >= 15 is 0 Å². The molecule has 3 aromatic rings. The van der Waals surface area contributed by atoms with Gasteiger partial charge in [0.15, 0.2) is 0 Å². The lowest BCUT2D eigenvalue weighted by molar-refractivity contribution is 0.339. The molecule has 0 atom stereocenters. The number of methoxy groups -OCH3 is 1. The van der Waals surface area contributed by atoms with Gasteiger partial charge in [0.05, 0.1) is 18.6 Å². The summed E-state index contributed by atoms with van der Waals surface area (Å²) in [6.07, 6.45) is 0. The maximum atomic E-state index is 13.5. The van der Waals surface area contributed by atoms with Gasteiger partial charge in [-0.2, -0.15) is 0 Å². The van der Waals surface area contributed by atoms with E-state index in [-0.39, 0.29) is 4.90 Å². The van der Waals surface area contributed by atoms with Gasteiger partial charge in [0, 0.05) is 16.8 Å². The normalized spacial score (nSPS) is 11.5. The Morgan fingerprint density at radius 1 is 0.929 bits per heavy atom. The van der Waals surface area contributed by atoms with Gasteiger partial charge >= 0.3 is 0 Å². The summed E-state index contributed by atoms with van der Waals surface area (Å²) >= 11 is 0. The van der Waals surface area contributed by atoms with Crippen LogP contribution in [0.1, 0.15) is 23.7 Å². The summed E-state index contributed by atoms with van der Waals surface area (Å²) in [6, 6.07) is 14.2. The molecule has 0 saturated carbocycles. The zero-order valence-corrected chi connectivity index (χ0v) is 17.6. The lowest BCUT2D eigenvalue weighted by atomic mass is 10.1. The van der Waals surface area contributed by atoms with Crippen molar-refractivity contribution in [3.8, 4) is 22.8 Å². The molecular formula is C22H25NO4S. The van der Waals surface area contributed by atoms with Crippen LogP contribution in [0.3, 0.4) is 0 Å². The van der Waals surface area contributed by atoms with Crippen molar-refractivity contribution in [2.45, 2.75) is 32.6 Å². The van der Waals surface area contributed by atoms with Gasteiger partial charge in [-0.1, -0.05) is 17.7 Å². The number of hydrogen-bond donors (Lipinski definition) is 0. The van der Waals surface area contributed by atoms with E-state index in [0.717, 1.165) is 16.7 Å². The zero-order valence-electron chi connectivity index (χ0n) is 16.8. The molecule has 0 saturated heterocycles.